The van der Waals surface area contributed by atoms with Crippen LogP contribution in [0.25, 0.3) is 21.8 Å². The van der Waals surface area contributed by atoms with Crippen LogP contribution in [0.4, 0.5) is 0 Å². The fraction of sp³-hybridized carbons (Fsp3) is 0.400. The number of amides is 1. The topological polar surface area (TPSA) is 50.5 Å². The lowest BCUT2D eigenvalue weighted by atomic mass is 10.1. The van der Waals surface area contributed by atoms with Crippen LogP contribution in [-0.4, -0.2) is 57.6 Å². The number of fused-ring (bicyclic) bond motifs is 3. The van der Waals surface area contributed by atoms with Crippen LogP contribution in [-0.2, 0) is 14.1 Å². The second-order valence-corrected chi connectivity index (χ2v) is 6.99. The quantitative estimate of drug-likeness (QED) is 0.707. The van der Waals surface area contributed by atoms with Gasteiger partial charge in [-0.3, -0.25) is 9.59 Å². The van der Waals surface area contributed by atoms with E-state index in [1.54, 1.807) is 13.2 Å². The smallest absolute Gasteiger partial charge is 0.274 e. The molecule has 6 nitrogen and oxygen atoms in total. The summed E-state index contributed by atoms with van der Waals surface area (Å²) in [5.74, 6) is 0.0118. The highest BCUT2D eigenvalue weighted by Gasteiger charge is 2.26. The molecule has 1 amide bonds. The second kappa shape index (κ2) is 6.29. The van der Waals surface area contributed by atoms with E-state index in [1.165, 1.54) is 4.57 Å². The Labute approximate surface area is 152 Å². The molecule has 1 fully saturated rings. The molecule has 4 rings (SSSR count). The van der Waals surface area contributed by atoms with E-state index in [2.05, 4.69) is 11.8 Å². The van der Waals surface area contributed by atoms with Crippen molar-refractivity contribution in [3.8, 4) is 0 Å². The number of aromatic nitrogens is 2. The van der Waals surface area contributed by atoms with E-state index in [1.807, 2.05) is 40.8 Å². The number of aryl methyl sites for hydroxylation is 2. The number of carbonyl (C=O) groups excluding carboxylic acids is 1. The van der Waals surface area contributed by atoms with Crippen LogP contribution in [0.1, 0.15) is 17.3 Å². The summed E-state index contributed by atoms with van der Waals surface area (Å²) in [4.78, 5) is 30.3. The number of rotatable bonds is 2. The SMILES string of the molecule is CCN1CCN(C(=O)c2cn(C)c(=O)c3c2c2ccccc2n3C)CC1. The Balaban J connectivity index is 1.90. The molecule has 0 bridgehead atoms. The maximum Gasteiger partial charge on any atom is 0.274 e. The van der Waals surface area contributed by atoms with Crippen LogP contribution >= 0.6 is 0 Å². The molecule has 26 heavy (non-hydrogen) atoms. The summed E-state index contributed by atoms with van der Waals surface area (Å²) in [5, 5.41) is 1.73. The predicted octanol–water partition coefficient (Wildman–Crippen LogP) is 1.81. The first-order valence-corrected chi connectivity index (χ1v) is 9.11. The van der Waals surface area contributed by atoms with Crippen LogP contribution in [0, 0.1) is 0 Å². The highest BCUT2D eigenvalue weighted by atomic mass is 16.2. The number of benzene rings is 1. The average Bonchev–Trinajstić information content (AvgIpc) is 2.97. The molecule has 0 N–H and O–H groups in total. The van der Waals surface area contributed by atoms with Gasteiger partial charge >= 0.3 is 0 Å². The average molecular weight is 352 g/mol. The van der Waals surface area contributed by atoms with Crippen molar-refractivity contribution in [2.24, 2.45) is 14.1 Å². The van der Waals surface area contributed by atoms with E-state index in [0.717, 1.165) is 49.0 Å². The summed E-state index contributed by atoms with van der Waals surface area (Å²) in [6, 6.07) is 7.89. The first-order chi connectivity index (χ1) is 12.5. The lowest BCUT2D eigenvalue weighted by Gasteiger charge is -2.34. The number of pyridine rings is 1. The number of hydrogen-bond donors (Lipinski definition) is 0. The van der Waals surface area contributed by atoms with Crippen LogP contribution in [0.3, 0.4) is 0 Å². The van der Waals surface area contributed by atoms with Gasteiger partial charge in [0.25, 0.3) is 11.5 Å². The van der Waals surface area contributed by atoms with Crippen LogP contribution in [0.2, 0.25) is 0 Å². The van der Waals surface area contributed by atoms with Crippen molar-refractivity contribution in [3.63, 3.8) is 0 Å². The fourth-order valence-electron chi connectivity index (χ4n) is 4.00. The van der Waals surface area contributed by atoms with E-state index >= 15 is 0 Å². The lowest BCUT2D eigenvalue weighted by molar-refractivity contribution is 0.0644. The Morgan fingerprint density at radius 2 is 1.77 bits per heavy atom. The molecule has 3 aromatic rings. The zero-order valence-corrected chi connectivity index (χ0v) is 15.5. The molecule has 1 aliphatic heterocycles. The molecule has 0 aliphatic carbocycles. The Kier molecular flexibility index (Phi) is 4.07. The molecule has 0 spiro atoms. The van der Waals surface area contributed by atoms with Crippen molar-refractivity contribution in [1.29, 1.82) is 0 Å². The van der Waals surface area contributed by atoms with Crippen molar-refractivity contribution >= 4 is 27.7 Å². The Morgan fingerprint density at radius 1 is 1.08 bits per heavy atom. The van der Waals surface area contributed by atoms with Gasteiger partial charge in [0.05, 0.1) is 5.56 Å². The maximum absolute atomic E-state index is 13.3. The Hall–Kier alpha value is -2.60. The van der Waals surface area contributed by atoms with Crippen LogP contribution in [0.5, 0.6) is 0 Å². The number of para-hydroxylation sites is 1. The zero-order valence-electron chi connectivity index (χ0n) is 15.5. The standard InChI is InChI=1S/C20H24N4O2/c1-4-23-9-11-24(12-10-23)19(25)15-13-21(2)20(26)18-17(15)14-7-5-6-8-16(14)22(18)3/h5-8,13H,4,9-12H2,1-3H3. The predicted molar refractivity (Wildman–Crippen MR) is 104 cm³/mol. The van der Waals surface area contributed by atoms with E-state index in [0.29, 0.717) is 11.1 Å². The molecule has 6 heteroatoms. The molecule has 3 heterocycles. The van der Waals surface area contributed by atoms with Crippen molar-refractivity contribution < 1.29 is 4.79 Å². The van der Waals surface area contributed by atoms with Gasteiger partial charge in [0, 0.05) is 62.8 Å². The van der Waals surface area contributed by atoms with E-state index in [4.69, 9.17) is 0 Å². The van der Waals surface area contributed by atoms with Crippen molar-refractivity contribution in [1.82, 2.24) is 18.9 Å². The minimum Gasteiger partial charge on any atom is -0.339 e. The molecular weight excluding hydrogens is 328 g/mol. The highest BCUT2D eigenvalue weighted by molar-refractivity contribution is 6.17. The fourth-order valence-corrected chi connectivity index (χ4v) is 4.00. The number of piperazine rings is 1. The molecule has 1 saturated heterocycles. The van der Waals surface area contributed by atoms with E-state index in [-0.39, 0.29) is 11.5 Å². The first-order valence-electron chi connectivity index (χ1n) is 9.11. The maximum atomic E-state index is 13.3. The number of hydrogen-bond acceptors (Lipinski definition) is 3. The molecule has 1 aromatic carbocycles. The lowest BCUT2D eigenvalue weighted by Crippen LogP contribution is -2.48. The first kappa shape index (κ1) is 16.8. The van der Waals surface area contributed by atoms with Gasteiger partial charge in [-0.1, -0.05) is 25.1 Å². The van der Waals surface area contributed by atoms with Gasteiger partial charge < -0.3 is 18.9 Å². The van der Waals surface area contributed by atoms with Gasteiger partial charge in [-0.25, -0.2) is 0 Å². The zero-order chi connectivity index (χ0) is 18.4. The van der Waals surface area contributed by atoms with Crippen molar-refractivity contribution in [3.05, 3.63) is 46.4 Å². The molecular formula is C20H24N4O2. The number of likely N-dealkylation sites (N-methyl/N-ethyl adjacent to an activating group) is 1. The molecule has 1 aliphatic rings. The molecule has 0 radical (unpaired) electrons. The third-order valence-corrected chi connectivity index (χ3v) is 5.56. The highest BCUT2D eigenvalue weighted by Crippen LogP contribution is 2.29. The summed E-state index contributed by atoms with van der Waals surface area (Å²) < 4.78 is 3.43. The molecule has 0 unspecified atom stereocenters. The Morgan fingerprint density at radius 3 is 2.46 bits per heavy atom. The van der Waals surface area contributed by atoms with Crippen LogP contribution in [0.15, 0.2) is 35.3 Å². The Bertz CT molecular complexity index is 1060. The molecule has 0 atom stereocenters. The second-order valence-electron chi connectivity index (χ2n) is 6.99. The summed E-state index contributed by atoms with van der Waals surface area (Å²) in [7, 11) is 3.60. The number of carbonyl (C=O) groups is 1. The normalized spacial score (nSPS) is 15.9. The molecule has 2 aromatic heterocycles. The third-order valence-electron chi connectivity index (χ3n) is 5.56. The summed E-state index contributed by atoms with van der Waals surface area (Å²) in [6.07, 6.45) is 1.70. The van der Waals surface area contributed by atoms with Gasteiger partial charge in [-0.05, 0) is 12.6 Å². The largest absolute Gasteiger partial charge is 0.339 e. The van der Waals surface area contributed by atoms with Gasteiger partial charge in [-0.2, -0.15) is 0 Å². The van der Waals surface area contributed by atoms with Gasteiger partial charge in [0.15, 0.2) is 0 Å². The minimum absolute atomic E-state index is 0.0118. The van der Waals surface area contributed by atoms with E-state index in [9.17, 15) is 9.59 Å². The molecule has 0 saturated carbocycles. The summed E-state index contributed by atoms with van der Waals surface area (Å²) >= 11 is 0. The summed E-state index contributed by atoms with van der Waals surface area (Å²) in [6.45, 7) is 6.39. The third kappa shape index (κ3) is 2.44. The monoisotopic (exact) mass is 352 g/mol. The van der Waals surface area contributed by atoms with Crippen molar-refractivity contribution in [2.45, 2.75) is 6.92 Å². The van der Waals surface area contributed by atoms with Gasteiger partial charge in [0.2, 0.25) is 0 Å². The van der Waals surface area contributed by atoms with Gasteiger partial charge in [0.1, 0.15) is 5.52 Å². The minimum atomic E-state index is -0.0777. The molecule has 136 valence electrons. The van der Waals surface area contributed by atoms with Gasteiger partial charge in [-0.15, -0.1) is 0 Å². The summed E-state index contributed by atoms with van der Waals surface area (Å²) in [5.41, 5.74) is 2.09. The van der Waals surface area contributed by atoms with Crippen LogP contribution < -0.4 is 5.56 Å². The number of nitrogens with zero attached hydrogens (tertiary/aromatic N) is 4. The van der Waals surface area contributed by atoms with E-state index < -0.39 is 0 Å². The van der Waals surface area contributed by atoms with Crippen molar-refractivity contribution in [2.75, 3.05) is 32.7 Å².